The van der Waals surface area contributed by atoms with E-state index in [1.807, 2.05) is 0 Å². The third-order valence-corrected chi connectivity index (χ3v) is 1.58. The first-order valence-corrected chi connectivity index (χ1v) is 3.82. The zero-order valence-corrected chi connectivity index (χ0v) is 6.77. The Morgan fingerprint density at radius 1 is 1.46 bits per heavy atom. The summed E-state index contributed by atoms with van der Waals surface area (Å²) in [5, 5.41) is 0. The summed E-state index contributed by atoms with van der Waals surface area (Å²) < 4.78 is 10.2. The van der Waals surface area contributed by atoms with Crippen LogP contribution in [-0.4, -0.2) is 11.3 Å². The molecular weight excluding hydrogens is 170 g/mol. The molecule has 0 aliphatic rings. The van der Waals surface area contributed by atoms with Crippen molar-refractivity contribution < 1.29 is 13.6 Å². The summed E-state index contributed by atoms with van der Waals surface area (Å²) in [6, 6.07) is 3.50. The van der Waals surface area contributed by atoms with Gasteiger partial charge in [0.25, 0.3) is 5.89 Å². The summed E-state index contributed by atoms with van der Waals surface area (Å²) >= 11 is 0. The van der Waals surface area contributed by atoms with E-state index in [1.54, 1.807) is 18.4 Å². The van der Waals surface area contributed by atoms with Crippen LogP contribution in [0.3, 0.4) is 0 Å². The molecule has 0 atom stereocenters. The van der Waals surface area contributed by atoms with Crippen molar-refractivity contribution in [3.8, 4) is 11.7 Å². The van der Waals surface area contributed by atoms with Crippen molar-refractivity contribution in [2.24, 2.45) is 0 Å². The van der Waals surface area contributed by atoms with Gasteiger partial charge < -0.3 is 13.6 Å². The van der Waals surface area contributed by atoms with Gasteiger partial charge in [0, 0.05) is 6.42 Å². The third-order valence-electron chi connectivity index (χ3n) is 1.58. The van der Waals surface area contributed by atoms with Crippen LogP contribution in [0.5, 0.6) is 0 Å². The second-order valence-electron chi connectivity index (χ2n) is 2.49. The van der Waals surface area contributed by atoms with E-state index >= 15 is 0 Å². The molecule has 0 aliphatic carbocycles. The van der Waals surface area contributed by atoms with Gasteiger partial charge in [-0.1, -0.05) is 0 Å². The molecular formula is C9H7NO3. The van der Waals surface area contributed by atoms with Crippen LogP contribution in [-0.2, 0) is 11.2 Å². The smallest absolute Gasteiger partial charge is 0.262 e. The Morgan fingerprint density at radius 3 is 3.08 bits per heavy atom. The number of oxazole rings is 1. The number of carbonyl (C=O) groups is 1. The standard InChI is InChI=1S/C9H7NO3/c11-4-3-7-6-13-9(10-7)8-2-1-5-12-8/h1-2,4-6H,3H2. The van der Waals surface area contributed by atoms with Gasteiger partial charge in [-0.05, 0) is 12.1 Å². The lowest BCUT2D eigenvalue weighted by Gasteiger charge is -1.84. The molecule has 0 aromatic carbocycles. The minimum Gasteiger partial charge on any atom is -0.459 e. The molecule has 0 radical (unpaired) electrons. The fourth-order valence-corrected chi connectivity index (χ4v) is 1.000. The van der Waals surface area contributed by atoms with Gasteiger partial charge in [0.05, 0.1) is 12.0 Å². The molecule has 0 bridgehead atoms. The summed E-state index contributed by atoms with van der Waals surface area (Å²) in [5.41, 5.74) is 0.612. The highest BCUT2D eigenvalue weighted by Crippen LogP contribution is 2.18. The molecule has 0 unspecified atom stereocenters. The molecule has 0 fully saturated rings. The van der Waals surface area contributed by atoms with Gasteiger partial charge in [-0.15, -0.1) is 0 Å². The fraction of sp³-hybridized carbons (Fsp3) is 0.111. The van der Waals surface area contributed by atoms with Crippen LogP contribution in [0.1, 0.15) is 5.69 Å². The lowest BCUT2D eigenvalue weighted by molar-refractivity contribution is -0.107. The average molecular weight is 177 g/mol. The van der Waals surface area contributed by atoms with Crippen LogP contribution in [0.25, 0.3) is 11.7 Å². The van der Waals surface area contributed by atoms with E-state index in [0.29, 0.717) is 17.3 Å². The average Bonchev–Trinajstić information content (AvgIpc) is 2.70. The third kappa shape index (κ3) is 1.51. The zero-order chi connectivity index (χ0) is 9.10. The van der Waals surface area contributed by atoms with E-state index in [1.165, 1.54) is 6.26 Å². The van der Waals surface area contributed by atoms with Gasteiger partial charge in [-0.25, -0.2) is 4.98 Å². The second kappa shape index (κ2) is 3.26. The lowest BCUT2D eigenvalue weighted by atomic mass is 10.4. The maximum Gasteiger partial charge on any atom is 0.262 e. The number of nitrogens with zero attached hydrogens (tertiary/aromatic N) is 1. The SMILES string of the molecule is O=CCc1coc(-c2ccco2)n1. The number of carbonyl (C=O) groups excluding carboxylic acids is 1. The van der Waals surface area contributed by atoms with Crippen molar-refractivity contribution in [1.82, 2.24) is 4.98 Å². The Kier molecular flexibility index (Phi) is 1.96. The van der Waals surface area contributed by atoms with Crippen LogP contribution in [0.4, 0.5) is 0 Å². The Morgan fingerprint density at radius 2 is 2.38 bits per heavy atom. The quantitative estimate of drug-likeness (QED) is 0.669. The van der Waals surface area contributed by atoms with Crippen LogP contribution in [0, 0.1) is 0 Å². The predicted octanol–water partition coefficient (Wildman–Crippen LogP) is 1.68. The van der Waals surface area contributed by atoms with Crippen molar-refractivity contribution in [1.29, 1.82) is 0 Å². The van der Waals surface area contributed by atoms with Crippen molar-refractivity contribution in [3.05, 3.63) is 30.4 Å². The van der Waals surface area contributed by atoms with Crippen LogP contribution >= 0.6 is 0 Å². The Labute approximate surface area is 74.2 Å². The monoisotopic (exact) mass is 177 g/mol. The van der Waals surface area contributed by atoms with E-state index in [4.69, 9.17) is 8.83 Å². The zero-order valence-electron chi connectivity index (χ0n) is 6.77. The van der Waals surface area contributed by atoms with Crippen LogP contribution in [0.2, 0.25) is 0 Å². The van der Waals surface area contributed by atoms with E-state index in [-0.39, 0.29) is 6.42 Å². The first kappa shape index (κ1) is 7.79. The van der Waals surface area contributed by atoms with Crippen LogP contribution in [0.15, 0.2) is 33.5 Å². The maximum atomic E-state index is 10.2. The molecule has 4 nitrogen and oxygen atoms in total. The number of rotatable bonds is 3. The number of furan rings is 1. The first-order valence-electron chi connectivity index (χ1n) is 3.82. The minimum atomic E-state index is 0.268. The van der Waals surface area contributed by atoms with Crippen molar-refractivity contribution in [2.45, 2.75) is 6.42 Å². The van der Waals surface area contributed by atoms with Crippen molar-refractivity contribution >= 4 is 6.29 Å². The van der Waals surface area contributed by atoms with Gasteiger partial charge in [0.1, 0.15) is 12.5 Å². The molecule has 0 amide bonds. The summed E-state index contributed by atoms with van der Waals surface area (Å²) in [5.74, 6) is 0.971. The van der Waals surface area contributed by atoms with Gasteiger partial charge in [-0.3, -0.25) is 0 Å². The van der Waals surface area contributed by atoms with Crippen LogP contribution < -0.4 is 0 Å². The minimum absolute atomic E-state index is 0.268. The molecule has 0 N–H and O–H groups in total. The normalized spacial score (nSPS) is 10.2. The van der Waals surface area contributed by atoms with E-state index < -0.39 is 0 Å². The predicted molar refractivity (Wildman–Crippen MR) is 44.0 cm³/mol. The van der Waals surface area contributed by atoms with Gasteiger partial charge in [0.2, 0.25) is 0 Å². The molecule has 2 heterocycles. The largest absolute Gasteiger partial charge is 0.459 e. The first-order chi connectivity index (χ1) is 6.40. The molecule has 0 saturated carbocycles. The Balaban J connectivity index is 2.28. The summed E-state index contributed by atoms with van der Waals surface area (Å²) in [6.45, 7) is 0. The molecule has 2 rings (SSSR count). The molecule has 4 heteroatoms. The van der Waals surface area contributed by atoms with E-state index in [2.05, 4.69) is 4.98 Å². The molecule has 2 aromatic heterocycles. The van der Waals surface area contributed by atoms with Gasteiger partial charge in [0.15, 0.2) is 5.76 Å². The lowest BCUT2D eigenvalue weighted by Crippen LogP contribution is -1.84. The summed E-state index contributed by atoms with van der Waals surface area (Å²) in [6.07, 6.45) is 4.04. The highest BCUT2D eigenvalue weighted by molar-refractivity contribution is 5.54. The second-order valence-corrected chi connectivity index (χ2v) is 2.49. The topological polar surface area (TPSA) is 56.2 Å². The molecule has 0 spiro atoms. The van der Waals surface area contributed by atoms with Crippen molar-refractivity contribution in [2.75, 3.05) is 0 Å². The number of hydrogen-bond acceptors (Lipinski definition) is 4. The molecule has 13 heavy (non-hydrogen) atoms. The molecule has 66 valence electrons. The number of aromatic nitrogens is 1. The van der Waals surface area contributed by atoms with Crippen molar-refractivity contribution in [3.63, 3.8) is 0 Å². The molecule has 0 aliphatic heterocycles. The van der Waals surface area contributed by atoms with Gasteiger partial charge >= 0.3 is 0 Å². The Bertz CT molecular complexity index is 389. The maximum absolute atomic E-state index is 10.2. The molecule has 2 aromatic rings. The highest BCUT2D eigenvalue weighted by atomic mass is 16.4. The highest BCUT2D eigenvalue weighted by Gasteiger charge is 2.07. The summed E-state index contributed by atoms with van der Waals surface area (Å²) in [4.78, 5) is 14.2. The van der Waals surface area contributed by atoms with E-state index in [9.17, 15) is 4.79 Å². The molecule has 0 saturated heterocycles. The number of hydrogen-bond donors (Lipinski definition) is 0. The summed E-state index contributed by atoms with van der Waals surface area (Å²) in [7, 11) is 0. The van der Waals surface area contributed by atoms with Gasteiger partial charge in [-0.2, -0.15) is 0 Å². The number of aldehydes is 1. The van der Waals surface area contributed by atoms with E-state index in [0.717, 1.165) is 6.29 Å². The Hall–Kier alpha value is -1.84. The fourth-order valence-electron chi connectivity index (χ4n) is 1.000.